The van der Waals surface area contributed by atoms with E-state index in [4.69, 9.17) is 4.42 Å². The molecule has 0 saturated heterocycles. The van der Waals surface area contributed by atoms with Crippen molar-refractivity contribution in [2.75, 3.05) is 14.1 Å². The van der Waals surface area contributed by atoms with Crippen LogP contribution in [-0.2, 0) is 6.54 Å². The Morgan fingerprint density at radius 3 is 2.61 bits per heavy atom. The molecule has 1 aromatic carbocycles. The largest absolute Gasteiger partial charge is 0.472 e. The number of nitrogens with zero attached hydrogens (tertiary/aromatic N) is 4. The van der Waals surface area contributed by atoms with Crippen LogP contribution >= 0.6 is 0 Å². The number of pyridine rings is 2. The number of furan rings is 1. The molecule has 2 N–H and O–H groups in total. The summed E-state index contributed by atoms with van der Waals surface area (Å²) in [6.45, 7) is 0.849. The summed E-state index contributed by atoms with van der Waals surface area (Å²) in [6.07, 6.45) is 10.9. The minimum absolute atomic E-state index is 0.849. The van der Waals surface area contributed by atoms with Crippen molar-refractivity contribution in [2.45, 2.75) is 6.54 Å². The number of nitrogens with one attached hydrogen (secondary N) is 2. The van der Waals surface area contributed by atoms with Crippen molar-refractivity contribution < 1.29 is 4.42 Å². The van der Waals surface area contributed by atoms with Crippen molar-refractivity contribution in [2.24, 2.45) is 0 Å². The first kappa shape index (κ1) is 19.5. The fraction of sp³-hybridized carbons (Fsp3) is 0.115. The third-order valence-electron chi connectivity index (χ3n) is 5.82. The van der Waals surface area contributed by atoms with Gasteiger partial charge in [-0.3, -0.25) is 15.1 Å². The average Bonchev–Trinajstić information content (AvgIpc) is 3.57. The third kappa shape index (κ3) is 3.48. The van der Waals surface area contributed by atoms with E-state index in [1.807, 2.05) is 30.9 Å². The third-order valence-corrected chi connectivity index (χ3v) is 5.82. The van der Waals surface area contributed by atoms with Crippen molar-refractivity contribution >= 4 is 21.8 Å². The molecule has 0 fully saturated rings. The first-order valence-corrected chi connectivity index (χ1v) is 10.7. The van der Waals surface area contributed by atoms with E-state index in [0.717, 1.165) is 62.0 Å². The van der Waals surface area contributed by atoms with Crippen molar-refractivity contribution in [3.8, 4) is 33.6 Å². The highest BCUT2D eigenvalue weighted by Crippen LogP contribution is 2.35. The number of H-pyrrole nitrogens is 2. The lowest BCUT2D eigenvalue weighted by Gasteiger charge is -2.10. The lowest BCUT2D eigenvalue weighted by molar-refractivity contribution is 0.402. The molecule has 7 heteroatoms. The molecule has 5 heterocycles. The maximum absolute atomic E-state index is 5.28. The number of hydrogen-bond donors (Lipinski definition) is 2. The standard InChI is InChI=1S/C26H22N6O/c1-32(2)14-16-7-19(11-27-10-16)17-3-4-23-21(8-17)26(31-30-23)24-9-20-22(18-5-6-33-15-18)12-28-13-25(20)29-24/h3-13,15,29H,14H2,1-2H3,(H,30,31). The minimum Gasteiger partial charge on any atom is -0.472 e. The number of hydrogen-bond acceptors (Lipinski definition) is 5. The molecule has 0 radical (unpaired) electrons. The first-order valence-electron chi connectivity index (χ1n) is 10.7. The van der Waals surface area contributed by atoms with Gasteiger partial charge in [-0.25, -0.2) is 0 Å². The minimum atomic E-state index is 0.849. The summed E-state index contributed by atoms with van der Waals surface area (Å²) in [5.74, 6) is 0. The summed E-state index contributed by atoms with van der Waals surface area (Å²) in [7, 11) is 4.12. The number of benzene rings is 1. The van der Waals surface area contributed by atoms with Crippen molar-refractivity contribution in [3.05, 3.63) is 79.3 Å². The molecule has 33 heavy (non-hydrogen) atoms. The molecule has 0 spiro atoms. The monoisotopic (exact) mass is 434 g/mol. The number of aromatic amines is 2. The molecular weight excluding hydrogens is 412 g/mol. The maximum Gasteiger partial charge on any atom is 0.116 e. The Morgan fingerprint density at radius 2 is 1.76 bits per heavy atom. The molecule has 5 aromatic heterocycles. The summed E-state index contributed by atoms with van der Waals surface area (Å²) in [5.41, 5.74) is 9.14. The van der Waals surface area contributed by atoms with Gasteiger partial charge in [0, 0.05) is 52.6 Å². The Labute approximate surface area is 190 Å². The Balaban J connectivity index is 1.45. The van der Waals surface area contributed by atoms with Crippen LogP contribution in [0.1, 0.15) is 5.56 Å². The molecule has 0 aliphatic rings. The molecule has 7 nitrogen and oxygen atoms in total. The van der Waals surface area contributed by atoms with E-state index in [1.54, 1.807) is 12.5 Å². The molecule has 0 unspecified atom stereocenters. The van der Waals surface area contributed by atoms with Crippen molar-refractivity contribution in [1.82, 2.24) is 30.0 Å². The van der Waals surface area contributed by atoms with E-state index in [-0.39, 0.29) is 0 Å². The van der Waals surface area contributed by atoms with E-state index in [9.17, 15) is 0 Å². The van der Waals surface area contributed by atoms with Crippen LogP contribution in [0.4, 0.5) is 0 Å². The lowest BCUT2D eigenvalue weighted by atomic mass is 10.0. The summed E-state index contributed by atoms with van der Waals surface area (Å²) < 4.78 is 5.28. The summed E-state index contributed by atoms with van der Waals surface area (Å²) in [4.78, 5) is 14.5. The highest BCUT2D eigenvalue weighted by Gasteiger charge is 2.15. The molecule has 0 saturated carbocycles. The molecule has 0 aliphatic carbocycles. The number of rotatable bonds is 5. The number of fused-ring (bicyclic) bond motifs is 2. The Hall–Kier alpha value is -4.23. The zero-order chi connectivity index (χ0) is 22.4. The molecule has 0 atom stereocenters. The van der Waals surface area contributed by atoms with Gasteiger partial charge in [0.05, 0.1) is 35.5 Å². The lowest BCUT2D eigenvalue weighted by Crippen LogP contribution is -2.10. The smallest absolute Gasteiger partial charge is 0.116 e. The number of aromatic nitrogens is 5. The summed E-state index contributed by atoms with van der Waals surface area (Å²) >= 11 is 0. The molecule has 0 bridgehead atoms. The quantitative estimate of drug-likeness (QED) is 0.375. The second-order valence-electron chi connectivity index (χ2n) is 8.50. The second kappa shape index (κ2) is 7.72. The SMILES string of the molecule is CN(C)Cc1cncc(-c2ccc3[nH]nc(-c4cc5c(-c6ccoc6)cncc5[nH]4)c3c2)c1. The highest BCUT2D eigenvalue weighted by atomic mass is 16.3. The first-order chi connectivity index (χ1) is 16.2. The average molecular weight is 435 g/mol. The zero-order valence-corrected chi connectivity index (χ0v) is 18.3. The molecular formula is C26H22N6O. The van der Waals surface area contributed by atoms with Crippen molar-refractivity contribution in [3.63, 3.8) is 0 Å². The second-order valence-corrected chi connectivity index (χ2v) is 8.50. The Kier molecular flexibility index (Phi) is 4.55. The molecule has 0 aliphatic heterocycles. The van der Waals surface area contributed by atoms with Crippen LogP contribution in [0.15, 0.2) is 78.1 Å². The van der Waals surface area contributed by atoms with E-state index in [2.05, 4.69) is 74.5 Å². The van der Waals surface area contributed by atoms with Gasteiger partial charge in [0.15, 0.2) is 0 Å². The van der Waals surface area contributed by atoms with Gasteiger partial charge in [0.25, 0.3) is 0 Å². The van der Waals surface area contributed by atoms with Gasteiger partial charge in [-0.2, -0.15) is 5.10 Å². The summed E-state index contributed by atoms with van der Waals surface area (Å²) in [5, 5.41) is 9.92. The van der Waals surface area contributed by atoms with Gasteiger partial charge < -0.3 is 14.3 Å². The molecule has 0 amide bonds. The van der Waals surface area contributed by atoms with Crippen LogP contribution in [-0.4, -0.2) is 44.1 Å². The predicted octanol–water partition coefficient (Wildman–Crippen LogP) is 5.49. The van der Waals surface area contributed by atoms with Crippen LogP contribution in [0.25, 0.3) is 55.4 Å². The highest BCUT2D eigenvalue weighted by molar-refractivity contribution is 6.01. The van der Waals surface area contributed by atoms with E-state index in [1.165, 1.54) is 5.56 Å². The zero-order valence-electron chi connectivity index (χ0n) is 18.3. The van der Waals surface area contributed by atoms with E-state index < -0.39 is 0 Å². The van der Waals surface area contributed by atoms with E-state index >= 15 is 0 Å². The van der Waals surface area contributed by atoms with Gasteiger partial charge in [-0.05, 0) is 55.6 Å². The molecule has 6 rings (SSSR count). The van der Waals surface area contributed by atoms with Gasteiger partial charge in [-0.15, -0.1) is 0 Å². The summed E-state index contributed by atoms with van der Waals surface area (Å²) in [6, 6.07) is 12.6. The van der Waals surface area contributed by atoms with Gasteiger partial charge in [-0.1, -0.05) is 6.07 Å². The molecule has 162 valence electrons. The van der Waals surface area contributed by atoms with Gasteiger partial charge in [0.1, 0.15) is 5.69 Å². The van der Waals surface area contributed by atoms with Crippen molar-refractivity contribution in [1.29, 1.82) is 0 Å². The maximum atomic E-state index is 5.28. The van der Waals surface area contributed by atoms with E-state index in [0.29, 0.717) is 0 Å². The van der Waals surface area contributed by atoms with Crippen LogP contribution < -0.4 is 0 Å². The molecule has 6 aromatic rings. The fourth-order valence-corrected chi connectivity index (χ4v) is 4.32. The predicted molar refractivity (Wildman–Crippen MR) is 130 cm³/mol. The Morgan fingerprint density at radius 1 is 0.848 bits per heavy atom. The van der Waals surface area contributed by atoms with Crippen LogP contribution in [0.5, 0.6) is 0 Å². The van der Waals surface area contributed by atoms with Crippen LogP contribution in [0, 0.1) is 0 Å². The van der Waals surface area contributed by atoms with Crippen LogP contribution in [0.2, 0.25) is 0 Å². The normalized spacial score (nSPS) is 11.7. The fourth-order valence-electron chi connectivity index (χ4n) is 4.32. The van der Waals surface area contributed by atoms with Crippen LogP contribution in [0.3, 0.4) is 0 Å². The van der Waals surface area contributed by atoms with Gasteiger partial charge >= 0.3 is 0 Å². The Bertz CT molecular complexity index is 1580. The van der Waals surface area contributed by atoms with Gasteiger partial charge in [0.2, 0.25) is 0 Å². The topological polar surface area (TPSA) is 86.6 Å².